The molecule has 0 heterocycles. The molecule has 0 unspecified atom stereocenters. The number of ether oxygens (including phenoxy) is 1. The van der Waals surface area contributed by atoms with Crippen molar-refractivity contribution in [3.05, 3.63) is 47.9 Å². The Balaban J connectivity index is 2.48. The Hall–Kier alpha value is -1.24. The van der Waals surface area contributed by atoms with E-state index in [4.69, 9.17) is 4.74 Å². The van der Waals surface area contributed by atoms with Gasteiger partial charge in [0.1, 0.15) is 5.75 Å². The summed E-state index contributed by atoms with van der Waals surface area (Å²) < 4.78 is 5.26. The molecule has 0 aliphatic heterocycles. The summed E-state index contributed by atoms with van der Waals surface area (Å²) in [6.45, 7) is 0. The van der Waals surface area contributed by atoms with Gasteiger partial charge in [-0.15, -0.1) is 0 Å². The van der Waals surface area contributed by atoms with Crippen LogP contribution in [0.25, 0.3) is 0 Å². The molecule has 0 N–H and O–H groups in total. The maximum absolute atomic E-state index is 5.26. The molecule has 0 amide bonds. The first kappa shape index (κ1) is 7.41. The molecule has 1 aromatic carbocycles. The van der Waals surface area contributed by atoms with Gasteiger partial charge >= 0.3 is 0 Å². The van der Waals surface area contributed by atoms with Crippen LogP contribution in [0.3, 0.4) is 0 Å². The van der Waals surface area contributed by atoms with Crippen molar-refractivity contribution in [3.63, 3.8) is 0 Å². The van der Waals surface area contributed by atoms with Gasteiger partial charge in [-0.3, -0.25) is 0 Å². The molecule has 0 spiro atoms. The van der Waals surface area contributed by atoms with Crippen molar-refractivity contribution >= 4 is 0 Å². The van der Waals surface area contributed by atoms with Gasteiger partial charge in [0.05, 0.1) is 7.11 Å². The Morgan fingerprint density at radius 2 is 2.25 bits per heavy atom. The van der Waals surface area contributed by atoms with Gasteiger partial charge in [0, 0.05) is 12.0 Å². The fourth-order valence-electron chi connectivity index (χ4n) is 1.51. The average Bonchev–Trinajstić information content (AvgIpc) is 2.17. The number of methoxy groups -OCH3 is 1. The second-order valence-corrected chi connectivity index (χ2v) is 2.83. The summed E-state index contributed by atoms with van der Waals surface area (Å²) in [4.78, 5) is 0. The first-order valence-electron chi connectivity index (χ1n) is 4.07. The molecule has 1 aliphatic rings. The van der Waals surface area contributed by atoms with Crippen molar-refractivity contribution in [2.45, 2.75) is 6.42 Å². The minimum Gasteiger partial charge on any atom is -0.496 e. The number of rotatable bonds is 1. The third-order valence-corrected chi connectivity index (χ3v) is 2.12. The zero-order valence-corrected chi connectivity index (χ0v) is 7.08. The van der Waals surface area contributed by atoms with E-state index >= 15 is 0 Å². The van der Waals surface area contributed by atoms with Crippen LogP contribution in [0.1, 0.15) is 11.1 Å². The molecule has 1 heteroatoms. The molecule has 12 heavy (non-hydrogen) atoms. The smallest absolute Gasteiger partial charge is 0.122 e. The largest absolute Gasteiger partial charge is 0.496 e. The highest BCUT2D eigenvalue weighted by molar-refractivity contribution is 5.48. The quantitative estimate of drug-likeness (QED) is 0.611. The Kier molecular flexibility index (Phi) is 1.86. The van der Waals surface area contributed by atoms with Gasteiger partial charge in [0.25, 0.3) is 0 Å². The van der Waals surface area contributed by atoms with Gasteiger partial charge in [0.2, 0.25) is 0 Å². The van der Waals surface area contributed by atoms with Crippen LogP contribution in [0.5, 0.6) is 5.75 Å². The Bertz CT molecular complexity index is 313. The van der Waals surface area contributed by atoms with E-state index < -0.39 is 0 Å². The second-order valence-electron chi connectivity index (χ2n) is 2.83. The van der Waals surface area contributed by atoms with Gasteiger partial charge in [0.15, 0.2) is 0 Å². The van der Waals surface area contributed by atoms with Crippen LogP contribution in [0.4, 0.5) is 0 Å². The van der Waals surface area contributed by atoms with E-state index in [1.54, 1.807) is 7.11 Å². The number of hydrogen-bond donors (Lipinski definition) is 0. The predicted octanol–water partition coefficient (Wildman–Crippen LogP) is 2.36. The van der Waals surface area contributed by atoms with Crippen molar-refractivity contribution in [1.82, 2.24) is 0 Å². The van der Waals surface area contributed by atoms with E-state index in [9.17, 15) is 0 Å². The van der Waals surface area contributed by atoms with Gasteiger partial charge in [-0.1, -0.05) is 24.3 Å². The molecule has 2 rings (SSSR count). The minimum atomic E-state index is 0.982. The monoisotopic (exact) mass is 159 g/mol. The normalized spacial score (nSPS) is 14.1. The Labute approximate surface area is 72.7 Å². The summed E-state index contributed by atoms with van der Waals surface area (Å²) >= 11 is 0. The van der Waals surface area contributed by atoms with E-state index in [2.05, 4.69) is 24.6 Å². The zero-order valence-electron chi connectivity index (χ0n) is 7.08. The van der Waals surface area contributed by atoms with E-state index in [1.165, 1.54) is 11.1 Å². The maximum Gasteiger partial charge on any atom is 0.122 e. The lowest BCUT2D eigenvalue weighted by Crippen LogP contribution is -1.98. The molecule has 0 fully saturated rings. The Morgan fingerprint density at radius 1 is 1.33 bits per heavy atom. The molecule has 1 aromatic rings. The second kappa shape index (κ2) is 3.02. The van der Waals surface area contributed by atoms with E-state index in [0.29, 0.717) is 0 Å². The molecule has 0 bridgehead atoms. The molecule has 0 aromatic heterocycles. The average molecular weight is 159 g/mol. The van der Waals surface area contributed by atoms with Crippen LogP contribution in [-0.4, -0.2) is 7.11 Å². The fourth-order valence-corrected chi connectivity index (χ4v) is 1.51. The third kappa shape index (κ3) is 1.11. The number of hydrogen-bond acceptors (Lipinski definition) is 1. The van der Waals surface area contributed by atoms with Gasteiger partial charge in [-0.25, -0.2) is 0 Å². The zero-order chi connectivity index (χ0) is 8.39. The van der Waals surface area contributed by atoms with E-state index in [1.807, 2.05) is 12.1 Å². The lowest BCUT2D eigenvalue weighted by atomic mass is 9.96. The molecular formula is C11H11O. The molecule has 0 saturated carbocycles. The van der Waals surface area contributed by atoms with Gasteiger partial charge in [-0.2, -0.15) is 0 Å². The minimum absolute atomic E-state index is 0.982. The third-order valence-electron chi connectivity index (χ3n) is 2.12. The van der Waals surface area contributed by atoms with E-state index in [0.717, 1.165) is 12.2 Å². The van der Waals surface area contributed by atoms with Crippen LogP contribution in [0, 0.1) is 6.42 Å². The highest BCUT2D eigenvalue weighted by Crippen LogP contribution is 2.26. The molecule has 61 valence electrons. The van der Waals surface area contributed by atoms with Gasteiger partial charge < -0.3 is 4.74 Å². The molecule has 1 nitrogen and oxygen atoms in total. The van der Waals surface area contributed by atoms with Crippen molar-refractivity contribution in [2.75, 3.05) is 7.11 Å². The van der Waals surface area contributed by atoms with Crippen molar-refractivity contribution in [2.24, 2.45) is 0 Å². The first-order chi connectivity index (χ1) is 5.92. The Morgan fingerprint density at radius 3 is 3.08 bits per heavy atom. The summed E-state index contributed by atoms with van der Waals surface area (Å²) in [5.74, 6) is 0.994. The van der Waals surface area contributed by atoms with Gasteiger partial charge in [-0.05, 0) is 18.1 Å². The SMILES string of the molecule is COc1cccc2c1CC=C[CH]2. The molecule has 1 radical (unpaired) electrons. The first-order valence-corrected chi connectivity index (χ1v) is 4.07. The number of benzene rings is 1. The fraction of sp³-hybridized carbons (Fsp3) is 0.182. The summed E-state index contributed by atoms with van der Waals surface area (Å²) in [5.41, 5.74) is 2.57. The summed E-state index contributed by atoms with van der Waals surface area (Å²) in [5, 5.41) is 0. The summed E-state index contributed by atoms with van der Waals surface area (Å²) in [6.07, 6.45) is 7.32. The number of allylic oxidation sites excluding steroid dienone is 2. The van der Waals surface area contributed by atoms with Crippen molar-refractivity contribution in [1.29, 1.82) is 0 Å². The highest BCUT2D eigenvalue weighted by Gasteiger charge is 2.08. The van der Waals surface area contributed by atoms with Crippen molar-refractivity contribution in [3.8, 4) is 5.75 Å². The molecular weight excluding hydrogens is 148 g/mol. The molecule has 0 saturated heterocycles. The topological polar surface area (TPSA) is 9.23 Å². The lowest BCUT2D eigenvalue weighted by Gasteiger charge is -2.13. The van der Waals surface area contributed by atoms with Crippen LogP contribution >= 0.6 is 0 Å². The van der Waals surface area contributed by atoms with Crippen LogP contribution in [0.2, 0.25) is 0 Å². The molecule has 0 atom stereocenters. The lowest BCUT2D eigenvalue weighted by molar-refractivity contribution is 0.410. The summed E-state index contributed by atoms with van der Waals surface area (Å²) in [6, 6.07) is 6.14. The standard InChI is InChI=1S/C11H11O/c1-12-11-8-4-6-9-5-2-3-7-10(9)11/h2-6,8H,7H2,1H3. The van der Waals surface area contributed by atoms with E-state index in [-0.39, 0.29) is 0 Å². The maximum atomic E-state index is 5.26. The molecule has 1 aliphatic carbocycles. The van der Waals surface area contributed by atoms with Crippen LogP contribution < -0.4 is 4.74 Å². The summed E-state index contributed by atoms with van der Waals surface area (Å²) in [7, 11) is 1.72. The highest BCUT2D eigenvalue weighted by atomic mass is 16.5. The number of fused-ring (bicyclic) bond motifs is 1. The van der Waals surface area contributed by atoms with Crippen molar-refractivity contribution < 1.29 is 4.74 Å². The van der Waals surface area contributed by atoms with Crippen LogP contribution in [-0.2, 0) is 6.42 Å². The van der Waals surface area contributed by atoms with Crippen LogP contribution in [0.15, 0.2) is 30.4 Å². The predicted molar refractivity (Wildman–Crippen MR) is 49.2 cm³/mol.